The molecule has 0 amide bonds. The van der Waals surface area contributed by atoms with Gasteiger partial charge in [-0.2, -0.15) is 0 Å². The molecule has 6 aromatic rings. The zero-order valence-electron chi connectivity index (χ0n) is 21.4. The van der Waals surface area contributed by atoms with Crippen LogP contribution in [0.4, 0.5) is 5.69 Å². The van der Waals surface area contributed by atoms with E-state index in [0.717, 1.165) is 30.8 Å². The molecule has 0 radical (unpaired) electrons. The van der Waals surface area contributed by atoms with Gasteiger partial charge in [0.25, 0.3) is 5.69 Å². The third-order valence-electron chi connectivity index (χ3n) is 5.48. The topological polar surface area (TPSA) is 68.9 Å². The Hall–Kier alpha value is -4.20. The van der Waals surface area contributed by atoms with Gasteiger partial charge in [-0.25, -0.2) is 9.97 Å². The van der Waals surface area contributed by atoms with Gasteiger partial charge in [0, 0.05) is 23.3 Å². The van der Waals surface area contributed by atoms with Gasteiger partial charge in [0.05, 0.1) is 4.92 Å². The van der Waals surface area contributed by atoms with E-state index in [1.54, 1.807) is 23.5 Å². The summed E-state index contributed by atoms with van der Waals surface area (Å²) in [6.07, 6.45) is 0. The normalized spacial score (nSPS) is 10.2. The Morgan fingerprint density at radius 2 is 0.921 bits per heavy atom. The number of nitrogens with zero attached hydrogens (tertiary/aromatic N) is 3. The second-order valence-electron chi connectivity index (χ2n) is 8.63. The van der Waals surface area contributed by atoms with Gasteiger partial charge in [0.15, 0.2) is 9.66 Å². The SMILES string of the molecule is Cc1ccc(-c2nc3sc(-c4ccc([N+](=O)[O-])cc4)nc3s2)cc1.Cc1ccccc1.Cc1ccccc1. The van der Waals surface area contributed by atoms with E-state index in [1.165, 1.54) is 40.2 Å². The molecule has 0 saturated heterocycles. The molecular formula is C31H27N3O2S2. The first-order valence-corrected chi connectivity index (χ1v) is 13.6. The van der Waals surface area contributed by atoms with Crippen molar-refractivity contribution in [1.29, 1.82) is 0 Å². The first-order chi connectivity index (χ1) is 18.4. The van der Waals surface area contributed by atoms with Crippen molar-refractivity contribution in [3.63, 3.8) is 0 Å². The minimum Gasteiger partial charge on any atom is -0.258 e. The van der Waals surface area contributed by atoms with Crippen LogP contribution in [-0.2, 0) is 0 Å². The van der Waals surface area contributed by atoms with Gasteiger partial charge < -0.3 is 0 Å². The average Bonchev–Trinajstić information content (AvgIpc) is 3.51. The van der Waals surface area contributed by atoms with Gasteiger partial charge in [0.2, 0.25) is 0 Å². The fourth-order valence-electron chi connectivity index (χ4n) is 3.38. The van der Waals surface area contributed by atoms with Crippen molar-refractivity contribution in [2.75, 3.05) is 0 Å². The summed E-state index contributed by atoms with van der Waals surface area (Å²) in [5, 5.41) is 12.5. The van der Waals surface area contributed by atoms with Crippen molar-refractivity contribution in [2.45, 2.75) is 20.8 Å². The predicted octanol–water partition coefficient (Wildman–Crippen LogP) is 9.29. The van der Waals surface area contributed by atoms with Crippen LogP contribution in [0, 0.1) is 30.9 Å². The molecule has 0 aliphatic carbocycles. The molecule has 7 heteroatoms. The first kappa shape index (κ1) is 26.9. The zero-order chi connectivity index (χ0) is 26.9. The van der Waals surface area contributed by atoms with Gasteiger partial charge in [-0.1, -0.05) is 124 Å². The van der Waals surface area contributed by atoms with E-state index in [9.17, 15) is 10.1 Å². The van der Waals surface area contributed by atoms with Gasteiger partial charge in [-0.15, -0.1) is 0 Å². The van der Waals surface area contributed by atoms with Crippen molar-refractivity contribution in [3.8, 4) is 21.1 Å². The molecule has 0 N–H and O–H groups in total. The van der Waals surface area contributed by atoms with E-state index < -0.39 is 4.92 Å². The van der Waals surface area contributed by atoms with E-state index in [2.05, 4.69) is 79.3 Å². The standard InChI is InChI=1S/C17H11N3O2S2.2C7H8/c1-10-2-4-11(5-3-10)14-18-16-17(23-14)19-15(24-16)12-6-8-13(9-7-12)20(21)22;2*1-7-5-3-2-4-6-7/h2-9H,1H3;2*2-6H,1H3. The van der Waals surface area contributed by atoms with Crippen molar-refractivity contribution in [1.82, 2.24) is 9.97 Å². The van der Waals surface area contributed by atoms with Crippen LogP contribution in [0.5, 0.6) is 0 Å². The van der Waals surface area contributed by atoms with Crippen LogP contribution in [0.15, 0.2) is 109 Å². The van der Waals surface area contributed by atoms with Crippen LogP contribution < -0.4 is 0 Å². The maximum atomic E-state index is 10.7. The Kier molecular flexibility index (Phi) is 9.08. The second-order valence-corrected chi connectivity index (χ2v) is 10.6. The first-order valence-electron chi connectivity index (χ1n) is 12.0. The van der Waals surface area contributed by atoms with Gasteiger partial charge in [-0.3, -0.25) is 10.1 Å². The number of hydrogen-bond acceptors (Lipinski definition) is 6. The molecular weight excluding hydrogens is 510 g/mol. The van der Waals surface area contributed by atoms with Crippen LogP contribution in [0.2, 0.25) is 0 Å². The predicted molar refractivity (Wildman–Crippen MR) is 160 cm³/mol. The molecule has 0 saturated carbocycles. The smallest absolute Gasteiger partial charge is 0.258 e. The molecule has 5 nitrogen and oxygen atoms in total. The number of thiazole rings is 2. The number of nitro benzene ring substituents is 1. The van der Waals surface area contributed by atoms with Gasteiger partial charge in [-0.05, 0) is 32.9 Å². The summed E-state index contributed by atoms with van der Waals surface area (Å²) in [5.74, 6) is 0. The molecule has 0 spiro atoms. The molecule has 0 aliphatic heterocycles. The highest BCUT2D eigenvalue weighted by atomic mass is 32.1. The maximum Gasteiger partial charge on any atom is 0.269 e. The van der Waals surface area contributed by atoms with Crippen LogP contribution in [0.1, 0.15) is 16.7 Å². The van der Waals surface area contributed by atoms with E-state index in [4.69, 9.17) is 0 Å². The van der Waals surface area contributed by atoms with Crippen LogP contribution in [0.25, 0.3) is 30.8 Å². The lowest BCUT2D eigenvalue weighted by molar-refractivity contribution is -0.384. The summed E-state index contributed by atoms with van der Waals surface area (Å²) in [5.41, 5.74) is 5.90. The molecule has 6 rings (SSSR count). The maximum absolute atomic E-state index is 10.7. The lowest BCUT2D eigenvalue weighted by Gasteiger charge is -1.97. The largest absolute Gasteiger partial charge is 0.269 e. The molecule has 190 valence electrons. The minimum absolute atomic E-state index is 0.0805. The lowest BCUT2D eigenvalue weighted by Crippen LogP contribution is -1.86. The Morgan fingerprint density at radius 1 is 0.553 bits per heavy atom. The Labute approximate surface area is 230 Å². The molecule has 4 aromatic carbocycles. The summed E-state index contributed by atoms with van der Waals surface area (Å²) in [7, 11) is 0. The number of rotatable bonds is 3. The molecule has 2 heterocycles. The monoisotopic (exact) mass is 537 g/mol. The molecule has 38 heavy (non-hydrogen) atoms. The summed E-state index contributed by atoms with van der Waals surface area (Å²) in [4.78, 5) is 21.4. The third-order valence-corrected chi connectivity index (χ3v) is 7.61. The number of aryl methyl sites for hydroxylation is 3. The number of benzene rings is 4. The highest BCUT2D eigenvalue weighted by Crippen LogP contribution is 2.36. The number of nitro groups is 1. The van der Waals surface area contributed by atoms with Crippen LogP contribution in [0.3, 0.4) is 0 Å². The number of aromatic nitrogens is 2. The van der Waals surface area contributed by atoms with E-state index >= 15 is 0 Å². The fourth-order valence-corrected chi connectivity index (χ4v) is 5.43. The lowest BCUT2D eigenvalue weighted by atomic mass is 10.2. The molecule has 0 unspecified atom stereocenters. The minimum atomic E-state index is -0.403. The molecule has 0 aliphatic rings. The number of hydrogen-bond donors (Lipinski definition) is 0. The average molecular weight is 538 g/mol. The van der Waals surface area contributed by atoms with Gasteiger partial charge >= 0.3 is 0 Å². The Balaban J connectivity index is 0.000000195. The summed E-state index contributed by atoms with van der Waals surface area (Å²) >= 11 is 3.06. The third kappa shape index (κ3) is 7.41. The van der Waals surface area contributed by atoms with Gasteiger partial charge in [0.1, 0.15) is 10.0 Å². The quantitative estimate of drug-likeness (QED) is 0.167. The van der Waals surface area contributed by atoms with E-state index in [0.29, 0.717) is 0 Å². The number of non-ortho nitro benzene ring substituents is 1. The molecule has 0 bridgehead atoms. The highest BCUT2D eigenvalue weighted by molar-refractivity contribution is 7.29. The second kappa shape index (κ2) is 12.9. The van der Waals surface area contributed by atoms with Crippen molar-refractivity contribution in [2.24, 2.45) is 0 Å². The van der Waals surface area contributed by atoms with Crippen molar-refractivity contribution >= 4 is 38.0 Å². The molecule has 0 fully saturated rings. The van der Waals surface area contributed by atoms with E-state index in [1.807, 2.05) is 36.4 Å². The Morgan fingerprint density at radius 3 is 1.26 bits per heavy atom. The molecule has 0 atom stereocenters. The fraction of sp³-hybridized carbons (Fsp3) is 0.0968. The van der Waals surface area contributed by atoms with Crippen LogP contribution in [-0.4, -0.2) is 14.9 Å². The number of fused-ring (bicyclic) bond motifs is 1. The summed E-state index contributed by atoms with van der Waals surface area (Å²) < 4.78 is 0. The van der Waals surface area contributed by atoms with Crippen molar-refractivity contribution in [3.05, 3.63) is 136 Å². The summed E-state index contributed by atoms with van der Waals surface area (Å²) in [6.45, 7) is 6.22. The van der Waals surface area contributed by atoms with Crippen LogP contribution >= 0.6 is 22.7 Å². The highest BCUT2D eigenvalue weighted by Gasteiger charge is 2.14. The zero-order valence-corrected chi connectivity index (χ0v) is 23.0. The van der Waals surface area contributed by atoms with Crippen molar-refractivity contribution < 1.29 is 4.92 Å². The summed E-state index contributed by atoms with van der Waals surface area (Å²) in [6, 6.07) is 35.2. The molecule has 2 aromatic heterocycles. The van der Waals surface area contributed by atoms with E-state index in [-0.39, 0.29) is 5.69 Å². The Bertz CT molecular complexity index is 1520.